The predicted octanol–water partition coefficient (Wildman–Crippen LogP) is 3.66. The van der Waals surface area contributed by atoms with Crippen molar-refractivity contribution in [3.8, 4) is 6.07 Å². The summed E-state index contributed by atoms with van der Waals surface area (Å²) in [5.74, 6) is -2.96. The summed E-state index contributed by atoms with van der Waals surface area (Å²) >= 11 is 6.52. The number of hydrogen-bond donors (Lipinski definition) is 0. The molecule has 0 N–H and O–H groups in total. The van der Waals surface area contributed by atoms with E-state index in [-0.39, 0.29) is 35.3 Å². The Bertz CT molecular complexity index is 930. The number of aliphatic imine (C=N–C) groups is 1. The minimum absolute atomic E-state index is 0.0501. The Balaban J connectivity index is 2.77. The Labute approximate surface area is 181 Å². The lowest BCUT2D eigenvalue weighted by Crippen LogP contribution is -2.37. The number of ether oxygens (including phenoxy) is 3. The molecule has 30 heavy (non-hydrogen) atoms. The second-order valence-electron chi connectivity index (χ2n) is 7.13. The number of halogens is 1. The lowest BCUT2D eigenvalue weighted by atomic mass is 9.74. The zero-order valence-electron chi connectivity index (χ0n) is 17.7. The smallest absolute Gasteiger partial charge is 0.336 e. The van der Waals surface area contributed by atoms with Crippen molar-refractivity contribution in [1.82, 2.24) is 0 Å². The maximum Gasteiger partial charge on any atom is 0.336 e. The van der Waals surface area contributed by atoms with Crippen molar-refractivity contribution in [2.24, 2.45) is 16.8 Å². The normalized spacial score (nSPS) is 18.7. The fourth-order valence-electron chi connectivity index (χ4n) is 3.50. The first-order valence-electron chi connectivity index (χ1n) is 9.50. The molecule has 0 saturated carbocycles. The first kappa shape index (κ1) is 23.6. The molecule has 0 saturated heterocycles. The molecule has 0 amide bonds. The van der Waals surface area contributed by atoms with Crippen molar-refractivity contribution in [1.29, 1.82) is 5.26 Å². The monoisotopic (exact) mass is 432 g/mol. The molecule has 0 fully saturated rings. The predicted molar refractivity (Wildman–Crippen MR) is 112 cm³/mol. The van der Waals surface area contributed by atoms with Crippen LogP contribution in [0.25, 0.3) is 0 Å². The van der Waals surface area contributed by atoms with E-state index in [1.54, 1.807) is 25.1 Å². The van der Waals surface area contributed by atoms with Gasteiger partial charge in [-0.05, 0) is 24.5 Å². The number of methoxy groups -OCH3 is 2. The molecule has 7 nitrogen and oxygen atoms in total. The van der Waals surface area contributed by atoms with Crippen molar-refractivity contribution in [3.05, 3.63) is 45.6 Å². The summed E-state index contributed by atoms with van der Waals surface area (Å²) in [7, 11) is 2.78. The first-order valence-corrected chi connectivity index (χ1v) is 9.87. The number of hydrogen-bond acceptors (Lipinski definition) is 7. The minimum atomic E-state index is -0.881. The third-order valence-electron chi connectivity index (χ3n) is 4.89. The molecule has 1 aromatic carbocycles. The standard InChI is InChI=1S/C22H25ClN2O5/c1-12(2)20-18(22(27)30-10-9-28-4)17(16(13(3)25-20)21(26)29-5)15-8-6-7-14(11-24)19(15)23/h6-8,12,16-17H,9-10H2,1-5H3. The van der Waals surface area contributed by atoms with Gasteiger partial charge in [-0.3, -0.25) is 9.79 Å². The largest absolute Gasteiger partial charge is 0.468 e. The topological polar surface area (TPSA) is 98.0 Å². The quantitative estimate of drug-likeness (QED) is 0.481. The van der Waals surface area contributed by atoms with E-state index in [0.717, 1.165) is 0 Å². The Morgan fingerprint density at radius 2 is 1.97 bits per heavy atom. The number of nitriles is 1. The van der Waals surface area contributed by atoms with Crippen LogP contribution in [-0.4, -0.2) is 45.1 Å². The van der Waals surface area contributed by atoms with Crippen LogP contribution in [0.3, 0.4) is 0 Å². The van der Waals surface area contributed by atoms with Gasteiger partial charge in [-0.25, -0.2) is 4.79 Å². The first-order chi connectivity index (χ1) is 14.3. The highest BCUT2D eigenvalue weighted by atomic mass is 35.5. The van der Waals surface area contributed by atoms with Crippen molar-refractivity contribution in [3.63, 3.8) is 0 Å². The lowest BCUT2D eigenvalue weighted by Gasteiger charge is -2.33. The average molecular weight is 433 g/mol. The van der Waals surface area contributed by atoms with Crippen molar-refractivity contribution in [2.75, 3.05) is 27.4 Å². The highest BCUT2D eigenvalue weighted by molar-refractivity contribution is 6.32. The van der Waals surface area contributed by atoms with E-state index in [1.165, 1.54) is 14.2 Å². The SMILES string of the molecule is COCCOC(=O)C1=C(C(C)C)N=C(C)C(C(=O)OC)C1c1cccc(C#N)c1Cl. The van der Waals surface area contributed by atoms with E-state index in [1.807, 2.05) is 19.9 Å². The summed E-state index contributed by atoms with van der Waals surface area (Å²) in [4.78, 5) is 30.4. The zero-order valence-corrected chi connectivity index (χ0v) is 18.4. The van der Waals surface area contributed by atoms with Crippen LogP contribution in [0.1, 0.15) is 37.8 Å². The third kappa shape index (κ3) is 4.72. The van der Waals surface area contributed by atoms with Crippen LogP contribution in [-0.2, 0) is 23.8 Å². The van der Waals surface area contributed by atoms with Gasteiger partial charge in [0.1, 0.15) is 18.6 Å². The summed E-state index contributed by atoms with van der Waals surface area (Å²) < 4.78 is 15.4. The Hall–Kier alpha value is -2.69. The maximum atomic E-state index is 13.1. The number of esters is 2. The lowest BCUT2D eigenvalue weighted by molar-refractivity contribution is -0.144. The molecule has 0 aliphatic carbocycles. The average Bonchev–Trinajstić information content (AvgIpc) is 2.72. The molecular weight excluding hydrogens is 408 g/mol. The van der Waals surface area contributed by atoms with Gasteiger partial charge < -0.3 is 14.2 Å². The third-order valence-corrected chi connectivity index (χ3v) is 5.32. The minimum Gasteiger partial charge on any atom is -0.468 e. The van der Waals surface area contributed by atoms with Crippen LogP contribution in [0.4, 0.5) is 0 Å². The summed E-state index contributed by atoms with van der Waals surface area (Å²) in [6, 6.07) is 6.97. The number of carbonyl (C=O) groups is 2. The molecule has 2 unspecified atom stereocenters. The molecule has 1 aliphatic rings. The summed E-state index contributed by atoms with van der Waals surface area (Å²) in [5.41, 5.74) is 1.97. The molecule has 2 rings (SSSR count). The highest BCUT2D eigenvalue weighted by Crippen LogP contribution is 2.44. The molecule has 160 valence electrons. The van der Waals surface area contributed by atoms with Crippen molar-refractivity contribution in [2.45, 2.75) is 26.7 Å². The second-order valence-corrected chi connectivity index (χ2v) is 7.51. The van der Waals surface area contributed by atoms with E-state index in [9.17, 15) is 14.9 Å². The zero-order chi connectivity index (χ0) is 22.4. The Morgan fingerprint density at radius 1 is 1.27 bits per heavy atom. The fourth-order valence-corrected chi connectivity index (χ4v) is 3.78. The molecule has 2 atom stereocenters. The van der Waals surface area contributed by atoms with Gasteiger partial charge in [0.15, 0.2) is 0 Å². The summed E-state index contributed by atoms with van der Waals surface area (Å²) in [6.45, 7) is 5.80. The van der Waals surface area contributed by atoms with E-state index in [0.29, 0.717) is 17.0 Å². The van der Waals surface area contributed by atoms with E-state index < -0.39 is 23.8 Å². The number of benzene rings is 1. The van der Waals surface area contributed by atoms with Gasteiger partial charge in [-0.2, -0.15) is 5.26 Å². The van der Waals surface area contributed by atoms with Gasteiger partial charge in [0.05, 0.1) is 35.6 Å². The van der Waals surface area contributed by atoms with Gasteiger partial charge in [0.25, 0.3) is 0 Å². The van der Waals surface area contributed by atoms with Crippen LogP contribution in [0.15, 0.2) is 34.5 Å². The maximum absolute atomic E-state index is 13.1. The molecule has 8 heteroatoms. The summed E-state index contributed by atoms with van der Waals surface area (Å²) in [6.07, 6.45) is 0. The van der Waals surface area contributed by atoms with Crippen LogP contribution < -0.4 is 0 Å². The fraction of sp³-hybridized carbons (Fsp3) is 0.455. The Morgan fingerprint density at radius 3 is 2.53 bits per heavy atom. The highest BCUT2D eigenvalue weighted by Gasteiger charge is 2.44. The van der Waals surface area contributed by atoms with Crippen molar-refractivity contribution >= 4 is 29.3 Å². The number of nitrogens with zero attached hydrogens (tertiary/aromatic N) is 2. The molecule has 1 aliphatic heterocycles. The van der Waals surface area contributed by atoms with Gasteiger partial charge in [-0.1, -0.05) is 37.6 Å². The van der Waals surface area contributed by atoms with Gasteiger partial charge in [-0.15, -0.1) is 0 Å². The van der Waals surface area contributed by atoms with Gasteiger partial charge >= 0.3 is 11.9 Å². The second kappa shape index (κ2) is 10.4. The van der Waals surface area contributed by atoms with Crippen LogP contribution >= 0.6 is 11.6 Å². The Kier molecular flexibility index (Phi) is 8.16. The molecule has 0 bridgehead atoms. The van der Waals surface area contributed by atoms with Gasteiger partial charge in [0, 0.05) is 18.7 Å². The number of allylic oxidation sites excluding steroid dienone is 1. The van der Waals surface area contributed by atoms with E-state index in [2.05, 4.69) is 4.99 Å². The molecule has 1 aromatic rings. The molecule has 0 spiro atoms. The molecule has 1 heterocycles. The van der Waals surface area contributed by atoms with Crippen LogP contribution in [0.2, 0.25) is 5.02 Å². The summed E-state index contributed by atoms with van der Waals surface area (Å²) in [5, 5.41) is 9.59. The molecular formula is C22H25ClN2O5. The van der Waals surface area contributed by atoms with Crippen LogP contribution in [0.5, 0.6) is 0 Å². The van der Waals surface area contributed by atoms with Gasteiger partial charge in [0.2, 0.25) is 0 Å². The van der Waals surface area contributed by atoms with Crippen molar-refractivity contribution < 1.29 is 23.8 Å². The molecule has 0 radical (unpaired) electrons. The van der Waals surface area contributed by atoms with E-state index in [4.69, 9.17) is 25.8 Å². The van der Waals surface area contributed by atoms with E-state index >= 15 is 0 Å². The molecule has 0 aromatic heterocycles. The van der Waals surface area contributed by atoms with Crippen LogP contribution in [0, 0.1) is 23.2 Å². The number of rotatable bonds is 7. The number of carbonyl (C=O) groups excluding carboxylic acids is 2.